The summed E-state index contributed by atoms with van der Waals surface area (Å²) in [5.74, 6) is 3.68. The molecule has 0 unspecified atom stereocenters. The second kappa shape index (κ2) is 17.0. The Hall–Kier alpha value is -8.29. The molecule has 7 heteroatoms. The van der Waals surface area contributed by atoms with Crippen LogP contribution in [0.15, 0.2) is 194 Å². The lowest BCUT2D eigenvalue weighted by molar-refractivity contribution is 1.07. The van der Waals surface area contributed by atoms with Crippen LogP contribution in [0.1, 0.15) is 16.8 Å². The van der Waals surface area contributed by atoms with Gasteiger partial charge in [0.25, 0.3) is 0 Å². The summed E-state index contributed by atoms with van der Waals surface area (Å²) < 4.78 is 0. The number of rotatable bonds is 9. The second-order valence-corrected chi connectivity index (χ2v) is 15.5. The molecule has 7 nitrogen and oxygen atoms in total. The Bertz CT molecular complexity index is 3260. The summed E-state index contributed by atoms with van der Waals surface area (Å²) in [5, 5.41) is 0. The topological polar surface area (TPSA) is 90.2 Å². The van der Waals surface area contributed by atoms with Crippen molar-refractivity contribution in [3.63, 3.8) is 0 Å². The maximum atomic E-state index is 5.22. The molecule has 63 heavy (non-hydrogen) atoms. The zero-order chi connectivity index (χ0) is 42.7. The van der Waals surface area contributed by atoms with E-state index in [2.05, 4.69) is 111 Å². The molecule has 0 saturated heterocycles. The number of aromatic nitrogens is 7. The summed E-state index contributed by atoms with van der Waals surface area (Å²) in [6, 6.07) is 66.0. The van der Waals surface area contributed by atoms with Crippen molar-refractivity contribution in [2.45, 2.75) is 20.8 Å². The van der Waals surface area contributed by atoms with E-state index in [4.69, 9.17) is 34.9 Å². The molecule has 3 aromatic heterocycles. The third-order valence-corrected chi connectivity index (χ3v) is 11.2. The van der Waals surface area contributed by atoms with Crippen LogP contribution in [0.4, 0.5) is 0 Å². The van der Waals surface area contributed by atoms with E-state index in [1.54, 1.807) is 0 Å². The quantitative estimate of drug-likeness (QED) is 0.143. The Morgan fingerprint density at radius 3 is 1.16 bits per heavy atom. The van der Waals surface area contributed by atoms with E-state index in [1.165, 1.54) is 0 Å². The molecule has 7 aromatic carbocycles. The van der Waals surface area contributed by atoms with Crippen LogP contribution in [0.2, 0.25) is 0 Å². The van der Waals surface area contributed by atoms with Gasteiger partial charge in [-0.1, -0.05) is 182 Å². The van der Waals surface area contributed by atoms with Crippen molar-refractivity contribution in [2.75, 3.05) is 0 Å². The predicted molar refractivity (Wildman–Crippen MR) is 254 cm³/mol. The van der Waals surface area contributed by atoms with Gasteiger partial charge in [-0.2, -0.15) is 0 Å². The van der Waals surface area contributed by atoms with Gasteiger partial charge in [-0.15, -0.1) is 0 Å². The molecule has 0 amide bonds. The molecule has 0 bridgehead atoms. The standard InChI is InChI=1S/C56H41N7/c1-36-18-10-12-25-43(36)54-59-51(40-21-6-4-7-22-40)58-53(61-54)42-34-32-39(33-35-42)45-29-17-30-48(49-31-16-20-38(3)57-49)50(45)46-27-14-15-28-47(46)56-62-52(41-23-8-5-9-24-41)60-55(63-56)44-26-13-11-19-37(44)2/h4-35H,1-3H3. The first kappa shape index (κ1) is 38.9. The Labute approximate surface area is 367 Å². The molecular weight excluding hydrogens is 771 g/mol. The van der Waals surface area contributed by atoms with Crippen LogP contribution < -0.4 is 0 Å². The van der Waals surface area contributed by atoms with Crippen LogP contribution in [0, 0.1) is 20.8 Å². The monoisotopic (exact) mass is 811 g/mol. The van der Waals surface area contributed by atoms with Crippen molar-refractivity contribution in [1.82, 2.24) is 34.9 Å². The molecule has 300 valence electrons. The molecule has 0 atom stereocenters. The molecular formula is C56H41N7. The molecule has 0 fully saturated rings. The summed E-state index contributed by atoms with van der Waals surface area (Å²) >= 11 is 0. The van der Waals surface area contributed by atoms with Gasteiger partial charge in [0.15, 0.2) is 34.9 Å². The minimum absolute atomic E-state index is 0.583. The summed E-state index contributed by atoms with van der Waals surface area (Å²) in [6.45, 7) is 6.19. The Morgan fingerprint density at radius 2 is 0.619 bits per heavy atom. The highest BCUT2D eigenvalue weighted by Crippen LogP contribution is 2.44. The summed E-state index contributed by atoms with van der Waals surface area (Å²) in [6.07, 6.45) is 0. The van der Waals surface area contributed by atoms with E-state index in [9.17, 15) is 0 Å². The average Bonchev–Trinajstić information content (AvgIpc) is 3.34. The normalized spacial score (nSPS) is 11.1. The van der Waals surface area contributed by atoms with Gasteiger partial charge >= 0.3 is 0 Å². The van der Waals surface area contributed by atoms with Crippen LogP contribution in [-0.4, -0.2) is 34.9 Å². The zero-order valence-electron chi connectivity index (χ0n) is 35.1. The third-order valence-electron chi connectivity index (χ3n) is 11.2. The molecule has 0 aliphatic rings. The molecule has 0 saturated carbocycles. The van der Waals surface area contributed by atoms with E-state index in [1.807, 2.05) is 104 Å². The maximum absolute atomic E-state index is 5.22. The van der Waals surface area contributed by atoms with E-state index in [0.717, 1.165) is 83.7 Å². The average molecular weight is 812 g/mol. The van der Waals surface area contributed by atoms with E-state index in [-0.39, 0.29) is 0 Å². The van der Waals surface area contributed by atoms with Gasteiger partial charge in [0.1, 0.15) is 0 Å². The number of benzene rings is 7. The first-order chi connectivity index (χ1) is 31.0. The lowest BCUT2D eigenvalue weighted by Crippen LogP contribution is -2.02. The molecule has 0 radical (unpaired) electrons. The van der Waals surface area contributed by atoms with Crippen LogP contribution in [0.3, 0.4) is 0 Å². The van der Waals surface area contributed by atoms with Gasteiger partial charge in [0.2, 0.25) is 0 Å². The highest BCUT2D eigenvalue weighted by atomic mass is 15.0. The Morgan fingerprint density at radius 1 is 0.238 bits per heavy atom. The largest absolute Gasteiger partial charge is 0.253 e. The minimum Gasteiger partial charge on any atom is -0.253 e. The second-order valence-electron chi connectivity index (χ2n) is 15.5. The zero-order valence-corrected chi connectivity index (χ0v) is 35.1. The highest BCUT2D eigenvalue weighted by Gasteiger charge is 2.22. The molecule has 0 aliphatic heterocycles. The van der Waals surface area contributed by atoms with E-state index >= 15 is 0 Å². The van der Waals surface area contributed by atoms with Crippen molar-refractivity contribution in [2.24, 2.45) is 0 Å². The van der Waals surface area contributed by atoms with E-state index < -0.39 is 0 Å². The first-order valence-corrected chi connectivity index (χ1v) is 21.0. The predicted octanol–water partition coefficient (Wildman–Crippen LogP) is 13.4. The van der Waals surface area contributed by atoms with Gasteiger partial charge in [-0.05, 0) is 66.3 Å². The van der Waals surface area contributed by atoms with Gasteiger partial charge in [-0.3, -0.25) is 4.98 Å². The summed E-state index contributed by atoms with van der Waals surface area (Å²) in [7, 11) is 0. The number of aryl methyl sites for hydroxylation is 3. The highest BCUT2D eigenvalue weighted by molar-refractivity contribution is 5.98. The third kappa shape index (κ3) is 7.91. The fraction of sp³-hybridized carbons (Fsp3) is 0.0536. The summed E-state index contributed by atoms with van der Waals surface area (Å²) in [5.41, 5.74) is 14.6. The summed E-state index contributed by atoms with van der Waals surface area (Å²) in [4.78, 5) is 35.5. The Balaban J connectivity index is 1.15. The number of nitrogens with zero attached hydrogens (tertiary/aromatic N) is 7. The van der Waals surface area contributed by atoms with Crippen molar-refractivity contribution in [3.8, 4) is 102 Å². The van der Waals surface area contributed by atoms with Crippen molar-refractivity contribution >= 4 is 0 Å². The van der Waals surface area contributed by atoms with Crippen LogP contribution in [0.25, 0.3) is 102 Å². The molecule has 0 spiro atoms. The molecule has 10 aromatic rings. The van der Waals surface area contributed by atoms with Crippen LogP contribution in [0.5, 0.6) is 0 Å². The smallest absolute Gasteiger partial charge is 0.164 e. The van der Waals surface area contributed by atoms with Gasteiger partial charge in [0, 0.05) is 44.6 Å². The number of hydrogen-bond acceptors (Lipinski definition) is 7. The van der Waals surface area contributed by atoms with Crippen molar-refractivity contribution in [1.29, 1.82) is 0 Å². The lowest BCUT2D eigenvalue weighted by Gasteiger charge is -2.19. The lowest BCUT2D eigenvalue weighted by atomic mass is 9.86. The van der Waals surface area contributed by atoms with Crippen LogP contribution >= 0.6 is 0 Å². The van der Waals surface area contributed by atoms with Gasteiger partial charge in [0.05, 0.1) is 5.69 Å². The molecule has 10 rings (SSSR count). The van der Waals surface area contributed by atoms with E-state index in [0.29, 0.717) is 34.9 Å². The van der Waals surface area contributed by atoms with Crippen molar-refractivity contribution < 1.29 is 0 Å². The first-order valence-electron chi connectivity index (χ1n) is 21.0. The van der Waals surface area contributed by atoms with Crippen LogP contribution in [-0.2, 0) is 0 Å². The SMILES string of the molecule is Cc1cccc(-c2cccc(-c3ccc(-c4nc(-c5ccccc5)nc(-c5ccccc5C)n4)cc3)c2-c2ccccc2-c2nc(-c3ccccc3)nc(-c3ccccc3C)n2)n1. The maximum Gasteiger partial charge on any atom is 0.164 e. The number of hydrogen-bond donors (Lipinski definition) is 0. The number of pyridine rings is 1. The minimum atomic E-state index is 0.583. The molecule has 0 aliphatic carbocycles. The Kier molecular flexibility index (Phi) is 10.5. The van der Waals surface area contributed by atoms with Gasteiger partial charge in [-0.25, -0.2) is 29.9 Å². The molecule has 0 N–H and O–H groups in total. The fourth-order valence-electron chi connectivity index (χ4n) is 8.01. The molecule has 3 heterocycles. The fourth-order valence-corrected chi connectivity index (χ4v) is 8.01. The van der Waals surface area contributed by atoms with Crippen molar-refractivity contribution in [3.05, 3.63) is 211 Å². The van der Waals surface area contributed by atoms with Gasteiger partial charge < -0.3 is 0 Å².